The average molecular weight is 306 g/mol. The Bertz CT molecular complexity index is 736. The standard InChI is InChI=1S/C13H9BrFN3/c1-8-3-2-4-12-16-13(17-18(8)12)10-7-9(14)5-6-11(10)15/h2-7H,1H3. The van der Waals surface area contributed by atoms with E-state index in [2.05, 4.69) is 26.0 Å². The molecule has 0 saturated heterocycles. The van der Waals surface area contributed by atoms with Gasteiger partial charge in [0.05, 0.1) is 5.56 Å². The van der Waals surface area contributed by atoms with Gasteiger partial charge in [-0.15, -0.1) is 5.10 Å². The summed E-state index contributed by atoms with van der Waals surface area (Å²) in [5.74, 6) is 0.0647. The molecule has 0 bridgehead atoms. The highest BCUT2D eigenvalue weighted by molar-refractivity contribution is 9.10. The fraction of sp³-hybridized carbons (Fsp3) is 0.0769. The third kappa shape index (κ3) is 1.80. The van der Waals surface area contributed by atoms with E-state index < -0.39 is 0 Å². The first-order valence-electron chi connectivity index (χ1n) is 5.43. The lowest BCUT2D eigenvalue weighted by Gasteiger charge is -1.98. The molecule has 3 aromatic rings. The number of benzene rings is 1. The molecule has 0 spiro atoms. The van der Waals surface area contributed by atoms with E-state index in [1.165, 1.54) is 6.07 Å². The van der Waals surface area contributed by atoms with Gasteiger partial charge in [-0.1, -0.05) is 22.0 Å². The minimum absolute atomic E-state index is 0.327. The lowest BCUT2D eigenvalue weighted by atomic mass is 10.2. The van der Waals surface area contributed by atoms with Crippen molar-refractivity contribution in [3.8, 4) is 11.4 Å². The van der Waals surface area contributed by atoms with Crippen LogP contribution in [0.15, 0.2) is 40.9 Å². The van der Waals surface area contributed by atoms with Crippen LogP contribution in [0.5, 0.6) is 0 Å². The molecule has 0 N–H and O–H groups in total. The van der Waals surface area contributed by atoms with E-state index in [1.807, 2.05) is 25.1 Å². The number of hydrogen-bond acceptors (Lipinski definition) is 2. The van der Waals surface area contributed by atoms with E-state index in [9.17, 15) is 4.39 Å². The predicted octanol–water partition coefficient (Wildman–Crippen LogP) is 3.61. The number of halogens is 2. The van der Waals surface area contributed by atoms with Gasteiger partial charge in [0.25, 0.3) is 0 Å². The minimum atomic E-state index is -0.327. The summed E-state index contributed by atoms with van der Waals surface area (Å²) in [6.45, 7) is 1.93. The van der Waals surface area contributed by atoms with Crippen LogP contribution in [0.1, 0.15) is 5.69 Å². The number of rotatable bonds is 1. The van der Waals surface area contributed by atoms with Crippen LogP contribution in [0.2, 0.25) is 0 Å². The lowest BCUT2D eigenvalue weighted by molar-refractivity contribution is 0.629. The van der Waals surface area contributed by atoms with Gasteiger partial charge in [0.2, 0.25) is 0 Å². The normalized spacial score (nSPS) is 11.1. The highest BCUT2D eigenvalue weighted by Crippen LogP contribution is 2.24. The zero-order valence-electron chi connectivity index (χ0n) is 9.56. The largest absolute Gasteiger partial charge is 0.218 e. The van der Waals surface area contributed by atoms with Crippen LogP contribution in [0.25, 0.3) is 17.0 Å². The molecule has 1 aromatic carbocycles. The van der Waals surface area contributed by atoms with Crippen molar-refractivity contribution in [2.45, 2.75) is 6.92 Å². The van der Waals surface area contributed by atoms with Crippen molar-refractivity contribution < 1.29 is 4.39 Å². The molecular weight excluding hydrogens is 297 g/mol. The molecule has 3 rings (SSSR count). The molecule has 0 aliphatic carbocycles. The van der Waals surface area contributed by atoms with E-state index in [0.717, 1.165) is 10.2 Å². The smallest absolute Gasteiger partial charge is 0.185 e. The molecule has 2 aromatic heterocycles. The molecule has 3 nitrogen and oxygen atoms in total. The van der Waals surface area contributed by atoms with Gasteiger partial charge in [-0.25, -0.2) is 13.9 Å². The average Bonchev–Trinajstić information content (AvgIpc) is 2.77. The van der Waals surface area contributed by atoms with E-state index in [4.69, 9.17) is 0 Å². The molecule has 2 heterocycles. The first-order valence-corrected chi connectivity index (χ1v) is 6.22. The van der Waals surface area contributed by atoms with Crippen molar-refractivity contribution in [1.82, 2.24) is 14.6 Å². The minimum Gasteiger partial charge on any atom is -0.218 e. The van der Waals surface area contributed by atoms with E-state index in [1.54, 1.807) is 16.6 Å². The lowest BCUT2D eigenvalue weighted by Crippen LogP contribution is -1.92. The quantitative estimate of drug-likeness (QED) is 0.687. The summed E-state index contributed by atoms with van der Waals surface area (Å²) in [5, 5.41) is 4.33. The van der Waals surface area contributed by atoms with Crippen LogP contribution < -0.4 is 0 Å². The Labute approximate surface area is 111 Å². The highest BCUT2D eigenvalue weighted by Gasteiger charge is 2.12. The van der Waals surface area contributed by atoms with Crippen molar-refractivity contribution in [2.24, 2.45) is 0 Å². The van der Waals surface area contributed by atoms with Crippen molar-refractivity contribution >= 4 is 21.6 Å². The van der Waals surface area contributed by atoms with Gasteiger partial charge in [-0.2, -0.15) is 0 Å². The number of nitrogens with zero attached hydrogens (tertiary/aromatic N) is 3. The molecule has 0 saturated carbocycles. The topological polar surface area (TPSA) is 30.2 Å². The third-order valence-electron chi connectivity index (χ3n) is 2.72. The second kappa shape index (κ2) is 4.17. The van der Waals surface area contributed by atoms with Gasteiger partial charge in [0.15, 0.2) is 11.5 Å². The molecular formula is C13H9BrFN3. The maximum Gasteiger partial charge on any atom is 0.185 e. The van der Waals surface area contributed by atoms with Crippen LogP contribution in [0.3, 0.4) is 0 Å². The van der Waals surface area contributed by atoms with Crippen LogP contribution in [0, 0.1) is 12.7 Å². The van der Waals surface area contributed by atoms with Crippen LogP contribution >= 0.6 is 15.9 Å². The number of aromatic nitrogens is 3. The Morgan fingerprint density at radius 1 is 1.22 bits per heavy atom. The van der Waals surface area contributed by atoms with Gasteiger partial charge in [0, 0.05) is 10.2 Å². The zero-order valence-corrected chi connectivity index (χ0v) is 11.1. The maximum atomic E-state index is 13.8. The fourth-order valence-corrected chi connectivity index (χ4v) is 2.18. The molecule has 0 aliphatic rings. The first-order chi connectivity index (χ1) is 8.65. The van der Waals surface area contributed by atoms with Crippen molar-refractivity contribution in [3.63, 3.8) is 0 Å². The third-order valence-corrected chi connectivity index (χ3v) is 3.21. The molecule has 0 radical (unpaired) electrons. The van der Waals surface area contributed by atoms with Crippen LogP contribution in [0.4, 0.5) is 4.39 Å². The Kier molecular flexibility index (Phi) is 2.63. The van der Waals surface area contributed by atoms with Gasteiger partial charge in [0.1, 0.15) is 5.82 Å². The summed E-state index contributed by atoms with van der Waals surface area (Å²) in [4.78, 5) is 4.34. The zero-order chi connectivity index (χ0) is 12.7. The van der Waals surface area contributed by atoms with E-state index >= 15 is 0 Å². The second-order valence-electron chi connectivity index (χ2n) is 4.00. The molecule has 0 amide bonds. The number of pyridine rings is 1. The summed E-state index contributed by atoms with van der Waals surface area (Å²) in [6.07, 6.45) is 0. The second-order valence-corrected chi connectivity index (χ2v) is 4.91. The molecule has 0 unspecified atom stereocenters. The SMILES string of the molecule is Cc1cccc2nc(-c3cc(Br)ccc3F)nn12. The van der Waals surface area contributed by atoms with Gasteiger partial charge >= 0.3 is 0 Å². The van der Waals surface area contributed by atoms with Gasteiger partial charge < -0.3 is 0 Å². The summed E-state index contributed by atoms with van der Waals surface area (Å²) in [6, 6.07) is 10.4. The van der Waals surface area contributed by atoms with Crippen LogP contribution in [-0.4, -0.2) is 14.6 Å². The van der Waals surface area contributed by atoms with Crippen molar-refractivity contribution in [1.29, 1.82) is 0 Å². The number of fused-ring (bicyclic) bond motifs is 1. The summed E-state index contributed by atoms with van der Waals surface area (Å²) in [5.41, 5.74) is 2.07. The van der Waals surface area contributed by atoms with Gasteiger partial charge in [-0.3, -0.25) is 0 Å². The molecule has 18 heavy (non-hydrogen) atoms. The van der Waals surface area contributed by atoms with E-state index in [-0.39, 0.29) is 5.82 Å². The Morgan fingerprint density at radius 2 is 2.06 bits per heavy atom. The fourth-order valence-electron chi connectivity index (χ4n) is 1.82. The molecule has 5 heteroatoms. The molecule has 0 atom stereocenters. The first kappa shape index (κ1) is 11.3. The summed E-state index contributed by atoms with van der Waals surface area (Å²) < 4.78 is 16.3. The number of aryl methyl sites for hydroxylation is 1. The molecule has 0 fully saturated rings. The molecule has 90 valence electrons. The number of hydrogen-bond donors (Lipinski definition) is 0. The summed E-state index contributed by atoms with van der Waals surface area (Å²) >= 11 is 3.32. The van der Waals surface area contributed by atoms with Crippen molar-refractivity contribution in [2.75, 3.05) is 0 Å². The Balaban J connectivity index is 2.26. The Hall–Kier alpha value is -1.75. The van der Waals surface area contributed by atoms with Crippen LogP contribution in [-0.2, 0) is 0 Å². The van der Waals surface area contributed by atoms with Gasteiger partial charge in [-0.05, 0) is 37.3 Å². The monoisotopic (exact) mass is 305 g/mol. The van der Waals surface area contributed by atoms with Crippen molar-refractivity contribution in [3.05, 3.63) is 52.4 Å². The predicted molar refractivity (Wildman–Crippen MR) is 70.8 cm³/mol. The maximum absolute atomic E-state index is 13.8. The van der Waals surface area contributed by atoms with E-state index in [0.29, 0.717) is 17.0 Å². The highest BCUT2D eigenvalue weighted by atomic mass is 79.9. The summed E-state index contributed by atoms with van der Waals surface area (Å²) in [7, 11) is 0. The molecule has 0 aliphatic heterocycles. The Morgan fingerprint density at radius 3 is 2.83 bits per heavy atom.